The lowest BCUT2D eigenvalue weighted by molar-refractivity contribution is 0.305. The minimum Gasteiger partial charge on any atom is -0.478 e. The lowest BCUT2D eigenvalue weighted by Crippen LogP contribution is -2.24. The van der Waals surface area contributed by atoms with Crippen LogP contribution in [0, 0.1) is 5.92 Å². The van der Waals surface area contributed by atoms with Crippen LogP contribution in [0.3, 0.4) is 0 Å². The fraction of sp³-hybridized carbons (Fsp3) is 0.714. The smallest absolute Gasteiger partial charge is 0.218 e. The molecule has 1 N–H and O–H groups in total. The van der Waals surface area contributed by atoms with Crippen molar-refractivity contribution in [2.24, 2.45) is 5.92 Å². The molecule has 0 bridgehead atoms. The van der Waals surface area contributed by atoms with Crippen LogP contribution in [0.25, 0.3) is 0 Å². The van der Waals surface area contributed by atoms with Crippen molar-refractivity contribution in [1.29, 1.82) is 0 Å². The Hall–Kier alpha value is -1.32. The minimum absolute atomic E-state index is 0.474. The molecule has 1 heterocycles. The van der Waals surface area contributed by atoms with Crippen LogP contribution in [0.15, 0.2) is 12.4 Å². The Labute approximate surface area is 109 Å². The topological polar surface area (TPSA) is 47.0 Å². The predicted molar refractivity (Wildman–Crippen MR) is 72.9 cm³/mol. The Kier molecular flexibility index (Phi) is 4.79. The average molecular weight is 249 g/mol. The van der Waals surface area contributed by atoms with Crippen molar-refractivity contribution in [1.82, 2.24) is 9.97 Å². The first-order valence-corrected chi connectivity index (χ1v) is 7.01. The summed E-state index contributed by atoms with van der Waals surface area (Å²) >= 11 is 0. The van der Waals surface area contributed by atoms with Crippen molar-refractivity contribution in [3.63, 3.8) is 0 Å². The van der Waals surface area contributed by atoms with E-state index in [1.807, 2.05) is 6.07 Å². The number of nitrogens with one attached hydrogen (secondary N) is 1. The molecule has 2 rings (SSSR count). The van der Waals surface area contributed by atoms with Crippen LogP contribution in [0.1, 0.15) is 46.0 Å². The maximum absolute atomic E-state index is 5.51. The summed E-state index contributed by atoms with van der Waals surface area (Å²) in [5.41, 5.74) is 0. The molecule has 1 aromatic heterocycles. The molecule has 4 heteroatoms. The van der Waals surface area contributed by atoms with E-state index in [4.69, 9.17) is 4.74 Å². The van der Waals surface area contributed by atoms with Crippen molar-refractivity contribution in [2.45, 2.75) is 52.0 Å². The van der Waals surface area contributed by atoms with Gasteiger partial charge >= 0.3 is 0 Å². The molecule has 0 radical (unpaired) electrons. The van der Waals surface area contributed by atoms with E-state index in [9.17, 15) is 0 Å². The Morgan fingerprint density at radius 2 is 2.17 bits per heavy atom. The highest BCUT2D eigenvalue weighted by atomic mass is 16.5. The van der Waals surface area contributed by atoms with Gasteiger partial charge in [0.15, 0.2) is 0 Å². The van der Waals surface area contributed by atoms with E-state index in [2.05, 4.69) is 29.1 Å². The second-order valence-corrected chi connectivity index (χ2v) is 5.07. The number of hydrogen-bond acceptors (Lipinski definition) is 4. The molecule has 1 unspecified atom stereocenters. The third-order valence-corrected chi connectivity index (χ3v) is 3.58. The number of anilines is 1. The van der Waals surface area contributed by atoms with E-state index in [0.717, 1.165) is 18.2 Å². The zero-order valence-corrected chi connectivity index (χ0v) is 11.4. The third-order valence-electron chi connectivity index (χ3n) is 3.58. The summed E-state index contributed by atoms with van der Waals surface area (Å²) in [5, 5.41) is 3.47. The van der Waals surface area contributed by atoms with E-state index in [0.29, 0.717) is 18.5 Å². The number of nitrogens with zero attached hydrogens (tertiary/aromatic N) is 2. The molecule has 4 nitrogen and oxygen atoms in total. The van der Waals surface area contributed by atoms with Crippen LogP contribution in [-0.2, 0) is 0 Å². The number of ether oxygens (including phenoxy) is 1. The number of hydrogen-bond donors (Lipinski definition) is 1. The molecular weight excluding hydrogens is 226 g/mol. The molecular formula is C14H23N3O. The van der Waals surface area contributed by atoms with Crippen molar-refractivity contribution >= 4 is 5.82 Å². The second-order valence-electron chi connectivity index (χ2n) is 5.07. The molecule has 0 aliphatic heterocycles. The molecule has 18 heavy (non-hydrogen) atoms. The lowest BCUT2D eigenvalue weighted by Gasteiger charge is -2.20. The van der Waals surface area contributed by atoms with Gasteiger partial charge in [-0.25, -0.2) is 9.97 Å². The van der Waals surface area contributed by atoms with Gasteiger partial charge in [0.25, 0.3) is 0 Å². The van der Waals surface area contributed by atoms with E-state index >= 15 is 0 Å². The number of rotatable bonds is 6. The highest BCUT2D eigenvalue weighted by Gasteiger charge is 2.21. The normalized spacial score (nSPS) is 17.7. The van der Waals surface area contributed by atoms with Gasteiger partial charge in [-0.1, -0.05) is 19.8 Å². The minimum atomic E-state index is 0.474. The molecule has 1 atom stereocenters. The van der Waals surface area contributed by atoms with Crippen LogP contribution in [0.2, 0.25) is 0 Å². The van der Waals surface area contributed by atoms with E-state index in [-0.39, 0.29) is 0 Å². The molecule has 1 aliphatic carbocycles. The summed E-state index contributed by atoms with van der Waals surface area (Å²) in [6.45, 7) is 5.03. The molecule has 1 aromatic rings. The summed E-state index contributed by atoms with van der Waals surface area (Å²) in [6.07, 6.45) is 7.95. The Morgan fingerprint density at radius 1 is 1.39 bits per heavy atom. The first-order chi connectivity index (χ1) is 8.79. The van der Waals surface area contributed by atoms with E-state index in [1.165, 1.54) is 25.7 Å². The molecule has 1 fully saturated rings. The van der Waals surface area contributed by atoms with Crippen LogP contribution in [0.4, 0.5) is 5.82 Å². The van der Waals surface area contributed by atoms with Crippen LogP contribution < -0.4 is 10.1 Å². The predicted octanol–water partition coefficient (Wildman–Crippen LogP) is 3.26. The van der Waals surface area contributed by atoms with Gasteiger partial charge in [-0.3, -0.25) is 0 Å². The van der Waals surface area contributed by atoms with Gasteiger partial charge in [-0.05, 0) is 32.1 Å². The van der Waals surface area contributed by atoms with E-state index < -0.39 is 0 Å². The summed E-state index contributed by atoms with van der Waals surface area (Å²) in [7, 11) is 0. The highest BCUT2D eigenvalue weighted by molar-refractivity contribution is 5.38. The average Bonchev–Trinajstić information content (AvgIpc) is 2.91. The standard InChI is InChI=1S/C14H23N3O/c1-3-8-18-14-9-13(15-10-16-14)17-11(2)12-6-4-5-7-12/h9-12H,3-8H2,1-2H3,(H,15,16,17). The van der Waals surface area contributed by atoms with Crippen LogP contribution in [0.5, 0.6) is 5.88 Å². The Morgan fingerprint density at radius 3 is 2.89 bits per heavy atom. The number of aromatic nitrogens is 2. The van der Waals surface area contributed by atoms with Crippen molar-refractivity contribution < 1.29 is 4.74 Å². The van der Waals surface area contributed by atoms with E-state index in [1.54, 1.807) is 6.33 Å². The summed E-state index contributed by atoms with van der Waals surface area (Å²) in [4.78, 5) is 8.37. The first kappa shape index (κ1) is 13.1. The third kappa shape index (κ3) is 3.59. The Balaban J connectivity index is 1.91. The Bertz CT molecular complexity index is 364. The van der Waals surface area contributed by atoms with Crippen molar-refractivity contribution in [2.75, 3.05) is 11.9 Å². The van der Waals surface area contributed by atoms with Gasteiger partial charge in [0, 0.05) is 12.1 Å². The fourth-order valence-electron chi connectivity index (χ4n) is 2.51. The molecule has 0 aromatic carbocycles. The highest BCUT2D eigenvalue weighted by Crippen LogP contribution is 2.29. The quantitative estimate of drug-likeness (QED) is 0.840. The van der Waals surface area contributed by atoms with Gasteiger partial charge in [-0.15, -0.1) is 0 Å². The van der Waals surface area contributed by atoms with Crippen LogP contribution in [-0.4, -0.2) is 22.6 Å². The summed E-state index contributed by atoms with van der Waals surface area (Å²) in [5.74, 6) is 2.31. The molecule has 100 valence electrons. The van der Waals surface area contributed by atoms with Crippen molar-refractivity contribution in [3.05, 3.63) is 12.4 Å². The van der Waals surface area contributed by atoms with Crippen LogP contribution >= 0.6 is 0 Å². The molecule has 1 saturated carbocycles. The van der Waals surface area contributed by atoms with Gasteiger partial charge in [-0.2, -0.15) is 0 Å². The summed E-state index contributed by atoms with van der Waals surface area (Å²) < 4.78 is 5.51. The maximum Gasteiger partial charge on any atom is 0.218 e. The van der Waals surface area contributed by atoms with Crippen molar-refractivity contribution in [3.8, 4) is 5.88 Å². The zero-order valence-electron chi connectivity index (χ0n) is 11.4. The van der Waals surface area contributed by atoms with Gasteiger partial charge < -0.3 is 10.1 Å². The molecule has 1 aliphatic rings. The SMILES string of the molecule is CCCOc1cc(NC(C)C2CCCC2)ncn1. The maximum atomic E-state index is 5.51. The zero-order chi connectivity index (χ0) is 12.8. The largest absolute Gasteiger partial charge is 0.478 e. The van der Waals surface area contributed by atoms with Gasteiger partial charge in [0.1, 0.15) is 12.1 Å². The molecule has 0 amide bonds. The van der Waals surface area contributed by atoms with Gasteiger partial charge in [0.05, 0.1) is 6.61 Å². The fourth-order valence-corrected chi connectivity index (χ4v) is 2.51. The first-order valence-electron chi connectivity index (χ1n) is 7.01. The molecule has 0 saturated heterocycles. The summed E-state index contributed by atoms with van der Waals surface area (Å²) in [6, 6.07) is 2.36. The molecule has 0 spiro atoms. The monoisotopic (exact) mass is 249 g/mol. The van der Waals surface area contributed by atoms with Gasteiger partial charge in [0.2, 0.25) is 5.88 Å². The second kappa shape index (κ2) is 6.57. The lowest BCUT2D eigenvalue weighted by atomic mass is 10.00.